The number of hydrogen-bond donors (Lipinski definition) is 2. The van der Waals surface area contributed by atoms with E-state index in [9.17, 15) is 5.11 Å². The molecule has 9 nitrogen and oxygen atoms in total. The van der Waals surface area contributed by atoms with Crippen LogP contribution in [0.25, 0.3) is 22.7 Å². The number of fused-ring (bicyclic) bond motifs is 1. The largest absolute Gasteiger partial charge is 0.493 e. The van der Waals surface area contributed by atoms with Gasteiger partial charge in [0.25, 0.3) is 0 Å². The number of quaternary nitrogens is 1. The van der Waals surface area contributed by atoms with Gasteiger partial charge in [0.15, 0.2) is 22.7 Å². The molecule has 1 aromatic carbocycles. The van der Waals surface area contributed by atoms with Crippen LogP contribution in [0.3, 0.4) is 0 Å². The molecule has 0 spiro atoms. The molecular formula is C21H21N4O5+. The molecule has 3 N–H and O–H groups in total. The SMILES string of the molecule is COc1cc(C(O)[NH2+]c2cc(-c3nc4ncccc4o3)ccn2)cc(OC)c1OC. The Morgan fingerprint density at radius 1 is 0.967 bits per heavy atom. The first-order chi connectivity index (χ1) is 14.6. The van der Waals surface area contributed by atoms with Crippen LogP contribution < -0.4 is 19.5 Å². The molecule has 0 aliphatic carbocycles. The van der Waals surface area contributed by atoms with Crippen molar-refractivity contribution in [2.45, 2.75) is 6.23 Å². The molecule has 0 fully saturated rings. The van der Waals surface area contributed by atoms with Gasteiger partial charge < -0.3 is 23.7 Å². The minimum absolute atomic E-state index is 0.433. The number of ether oxygens (including phenoxy) is 3. The normalized spacial score (nSPS) is 12.0. The number of aliphatic hydroxyl groups excluding tert-OH is 1. The summed E-state index contributed by atoms with van der Waals surface area (Å²) in [5.74, 6) is 2.37. The number of nitrogens with two attached hydrogens (primary N) is 1. The van der Waals surface area contributed by atoms with Gasteiger partial charge in [-0.1, -0.05) is 0 Å². The van der Waals surface area contributed by atoms with Crippen molar-refractivity contribution < 1.29 is 29.1 Å². The van der Waals surface area contributed by atoms with Gasteiger partial charge in [0.1, 0.15) is 0 Å². The zero-order valence-electron chi connectivity index (χ0n) is 16.7. The first-order valence-corrected chi connectivity index (χ1v) is 9.13. The van der Waals surface area contributed by atoms with Crippen molar-refractivity contribution in [1.29, 1.82) is 0 Å². The Morgan fingerprint density at radius 3 is 2.40 bits per heavy atom. The Bertz CT molecular complexity index is 1120. The maximum absolute atomic E-state index is 10.8. The van der Waals surface area contributed by atoms with Gasteiger partial charge >= 0.3 is 0 Å². The zero-order valence-corrected chi connectivity index (χ0v) is 16.7. The summed E-state index contributed by atoms with van der Waals surface area (Å²) in [6.45, 7) is 0. The molecule has 1 atom stereocenters. The molecular weight excluding hydrogens is 388 g/mol. The van der Waals surface area contributed by atoms with E-state index in [0.29, 0.717) is 45.8 Å². The summed E-state index contributed by atoms with van der Waals surface area (Å²) in [6, 6.07) is 10.6. The Balaban J connectivity index is 1.61. The molecule has 4 aromatic rings. The molecule has 0 aliphatic heterocycles. The van der Waals surface area contributed by atoms with Crippen LogP contribution in [0, 0.1) is 0 Å². The van der Waals surface area contributed by atoms with Crippen molar-refractivity contribution in [3.8, 4) is 28.7 Å². The highest BCUT2D eigenvalue weighted by atomic mass is 16.5. The number of methoxy groups -OCH3 is 3. The minimum Gasteiger partial charge on any atom is -0.493 e. The summed E-state index contributed by atoms with van der Waals surface area (Å²) < 4.78 is 21.8. The number of aliphatic hydroxyl groups is 1. The number of rotatable bonds is 7. The highest BCUT2D eigenvalue weighted by Crippen LogP contribution is 2.39. The molecule has 0 saturated heterocycles. The van der Waals surface area contributed by atoms with E-state index in [1.807, 2.05) is 0 Å². The molecule has 30 heavy (non-hydrogen) atoms. The van der Waals surface area contributed by atoms with Gasteiger partial charge in [-0.15, -0.1) is 0 Å². The maximum atomic E-state index is 10.8. The Hall–Kier alpha value is -3.69. The number of pyridine rings is 2. The number of aromatic nitrogens is 3. The van der Waals surface area contributed by atoms with Crippen molar-refractivity contribution in [3.63, 3.8) is 0 Å². The van der Waals surface area contributed by atoms with Crippen LogP contribution in [-0.2, 0) is 0 Å². The van der Waals surface area contributed by atoms with E-state index in [2.05, 4.69) is 15.0 Å². The molecule has 4 rings (SSSR count). The van der Waals surface area contributed by atoms with Gasteiger partial charge in [0, 0.05) is 29.6 Å². The predicted octanol–water partition coefficient (Wildman–Crippen LogP) is 2.20. The van der Waals surface area contributed by atoms with Crippen LogP contribution in [0.2, 0.25) is 0 Å². The lowest BCUT2D eigenvalue weighted by Gasteiger charge is -2.16. The van der Waals surface area contributed by atoms with Gasteiger partial charge in [-0.2, -0.15) is 4.98 Å². The van der Waals surface area contributed by atoms with E-state index < -0.39 is 6.23 Å². The molecule has 3 heterocycles. The first kappa shape index (κ1) is 19.6. The second kappa shape index (κ2) is 8.36. The van der Waals surface area contributed by atoms with Crippen LogP contribution >= 0.6 is 0 Å². The van der Waals surface area contributed by atoms with Crippen LogP contribution in [-0.4, -0.2) is 41.4 Å². The van der Waals surface area contributed by atoms with E-state index in [-0.39, 0.29) is 0 Å². The summed E-state index contributed by atoms with van der Waals surface area (Å²) in [4.78, 5) is 12.9. The topological polar surface area (TPSA) is 116 Å². The van der Waals surface area contributed by atoms with E-state index in [0.717, 1.165) is 5.56 Å². The molecule has 0 aliphatic rings. The van der Waals surface area contributed by atoms with Gasteiger partial charge in [0.05, 0.1) is 21.3 Å². The van der Waals surface area contributed by atoms with Gasteiger partial charge in [-0.05, 0) is 30.3 Å². The van der Waals surface area contributed by atoms with Gasteiger partial charge in [-0.25, -0.2) is 9.97 Å². The third kappa shape index (κ3) is 3.76. The monoisotopic (exact) mass is 409 g/mol. The minimum atomic E-state index is -0.952. The average molecular weight is 409 g/mol. The zero-order chi connectivity index (χ0) is 21.1. The van der Waals surface area contributed by atoms with Crippen molar-refractivity contribution in [2.75, 3.05) is 21.3 Å². The lowest BCUT2D eigenvalue weighted by Crippen LogP contribution is -2.79. The van der Waals surface area contributed by atoms with Crippen LogP contribution in [0.1, 0.15) is 11.8 Å². The fourth-order valence-corrected chi connectivity index (χ4v) is 3.10. The van der Waals surface area contributed by atoms with Crippen molar-refractivity contribution in [1.82, 2.24) is 15.0 Å². The fraction of sp³-hybridized carbons (Fsp3) is 0.190. The fourth-order valence-electron chi connectivity index (χ4n) is 3.10. The van der Waals surface area contributed by atoms with Crippen LogP contribution in [0.15, 0.2) is 53.2 Å². The standard InChI is InChI=1S/C21H20N4O5/c1-27-15-9-13(10-16(28-2)18(15)29-3)20(26)24-17-11-12(6-8-22-17)21-25-19-14(30-21)5-4-7-23-19/h4-11,20,26H,1-3H3,(H,22,24)/p+1. The number of benzene rings is 1. The summed E-state index contributed by atoms with van der Waals surface area (Å²) in [7, 11) is 4.58. The third-order valence-corrected chi connectivity index (χ3v) is 4.55. The van der Waals surface area contributed by atoms with Crippen molar-refractivity contribution >= 4 is 17.0 Å². The van der Waals surface area contributed by atoms with Crippen LogP contribution in [0.4, 0.5) is 5.82 Å². The Kier molecular flexibility index (Phi) is 5.46. The molecule has 0 saturated carbocycles. The van der Waals surface area contributed by atoms with E-state index in [4.69, 9.17) is 18.6 Å². The Morgan fingerprint density at radius 2 is 1.73 bits per heavy atom. The lowest BCUT2D eigenvalue weighted by molar-refractivity contribution is -0.664. The maximum Gasteiger partial charge on any atom is 0.229 e. The van der Waals surface area contributed by atoms with Crippen molar-refractivity contribution in [2.24, 2.45) is 0 Å². The van der Waals surface area contributed by atoms with Crippen molar-refractivity contribution in [3.05, 3.63) is 54.4 Å². The number of nitrogens with zero attached hydrogens (tertiary/aromatic N) is 3. The molecule has 0 amide bonds. The summed E-state index contributed by atoms with van der Waals surface area (Å²) >= 11 is 0. The van der Waals surface area contributed by atoms with E-state index >= 15 is 0 Å². The Labute approximate surface area is 172 Å². The number of hydrogen-bond acceptors (Lipinski definition) is 8. The predicted molar refractivity (Wildman–Crippen MR) is 108 cm³/mol. The highest BCUT2D eigenvalue weighted by molar-refractivity contribution is 5.72. The smallest absolute Gasteiger partial charge is 0.229 e. The summed E-state index contributed by atoms with van der Waals surface area (Å²) in [5.41, 5.74) is 2.44. The summed E-state index contributed by atoms with van der Waals surface area (Å²) in [6.07, 6.45) is 2.34. The van der Waals surface area contributed by atoms with E-state index in [1.54, 1.807) is 54.1 Å². The second-order valence-corrected chi connectivity index (χ2v) is 6.38. The second-order valence-electron chi connectivity index (χ2n) is 6.38. The molecule has 9 heteroatoms. The molecule has 1 unspecified atom stereocenters. The number of oxazole rings is 1. The van der Waals surface area contributed by atoms with Crippen LogP contribution in [0.5, 0.6) is 17.2 Å². The molecule has 0 bridgehead atoms. The third-order valence-electron chi connectivity index (χ3n) is 4.55. The first-order valence-electron chi connectivity index (χ1n) is 9.13. The average Bonchev–Trinajstić information content (AvgIpc) is 3.22. The summed E-state index contributed by atoms with van der Waals surface area (Å²) in [5, 5.41) is 12.4. The van der Waals surface area contributed by atoms with Gasteiger partial charge in [0.2, 0.25) is 23.7 Å². The lowest BCUT2D eigenvalue weighted by atomic mass is 10.1. The molecule has 154 valence electrons. The highest BCUT2D eigenvalue weighted by Gasteiger charge is 2.21. The van der Waals surface area contributed by atoms with E-state index in [1.165, 1.54) is 21.3 Å². The van der Waals surface area contributed by atoms with Gasteiger partial charge in [-0.3, -0.25) is 5.32 Å². The molecule has 3 aromatic heterocycles. The molecule has 0 radical (unpaired) electrons. The quantitative estimate of drug-likeness (QED) is 0.446.